The van der Waals surface area contributed by atoms with E-state index < -0.39 is 11.9 Å². The summed E-state index contributed by atoms with van der Waals surface area (Å²) < 4.78 is 16.2. The highest BCUT2D eigenvalue weighted by atomic mass is 16.6. The topological polar surface area (TPSA) is 86.2 Å². The third-order valence-corrected chi connectivity index (χ3v) is 4.86. The van der Waals surface area contributed by atoms with E-state index >= 15 is 0 Å². The van der Waals surface area contributed by atoms with E-state index in [0.717, 1.165) is 16.7 Å². The molecule has 0 bridgehead atoms. The first-order valence-electron chi connectivity index (χ1n) is 10.6. The molecule has 7 heteroatoms. The minimum Gasteiger partial charge on any atom is -0.493 e. The molecule has 3 rings (SSSR count). The molecule has 0 radical (unpaired) electrons. The van der Waals surface area contributed by atoms with Crippen molar-refractivity contribution in [3.05, 3.63) is 95.1 Å². The third kappa shape index (κ3) is 7.34. The number of ether oxygens (including phenoxy) is 3. The number of carbonyl (C=O) groups excluding carboxylic acids is 2. The molecule has 0 aromatic heterocycles. The lowest BCUT2D eigenvalue weighted by Crippen LogP contribution is -2.24. The lowest BCUT2D eigenvalue weighted by Gasteiger charge is -2.09. The number of hydrazone groups is 1. The van der Waals surface area contributed by atoms with Crippen LogP contribution in [0.15, 0.2) is 77.9 Å². The van der Waals surface area contributed by atoms with Crippen molar-refractivity contribution in [3.8, 4) is 17.2 Å². The summed E-state index contributed by atoms with van der Waals surface area (Å²) in [5.74, 6) is 0.329. The fourth-order valence-corrected chi connectivity index (χ4v) is 2.88. The first kappa shape index (κ1) is 24.3. The SMILES string of the molecule is COc1cc(C=NNC(=O)COc2ccc(C)c(C)c2)ccc1OC(=O)C=Cc1ccccc1. The summed E-state index contributed by atoms with van der Waals surface area (Å²) in [5, 5.41) is 3.94. The maximum atomic E-state index is 12.1. The predicted molar refractivity (Wildman–Crippen MR) is 131 cm³/mol. The Bertz CT molecular complexity index is 1200. The molecule has 0 heterocycles. The quantitative estimate of drug-likeness (QED) is 0.168. The van der Waals surface area contributed by atoms with E-state index in [-0.39, 0.29) is 12.4 Å². The molecule has 174 valence electrons. The maximum Gasteiger partial charge on any atom is 0.336 e. The highest BCUT2D eigenvalue weighted by Gasteiger charge is 2.09. The number of methoxy groups -OCH3 is 1. The molecule has 0 saturated carbocycles. The highest BCUT2D eigenvalue weighted by Crippen LogP contribution is 2.28. The number of rotatable bonds is 9. The number of hydrogen-bond acceptors (Lipinski definition) is 6. The Morgan fingerprint density at radius 1 is 0.912 bits per heavy atom. The zero-order chi connectivity index (χ0) is 24.3. The molecule has 0 aliphatic carbocycles. The molecule has 1 amide bonds. The van der Waals surface area contributed by atoms with E-state index in [1.165, 1.54) is 19.4 Å². The van der Waals surface area contributed by atoms with Gasteiger partial charge in [0.25, 0.3) is 5.91 Å². The second kappa shape index (κ2) is 12.0. The van der Waals surface area contributed by atoms with Gasteiger partial charge in [0.2, 0.25) is 0 Å². The Balaban J connectivity index is 1.52. The summed E-state index contributed by atoms with van der Waals surface area (Å²) >= 11 is 0. The highest BCUT2D eigenvalue weighted by molar-refractivity contribution is 5.89. The van der Waals surface area contributed by atoms with E-state index in [1.54, 1.807) is 24.3 Å². The van der Waals surface area contributed by atoms with Gasteiger partial charge in [0.1, 0.15) is 5.75 Å². The third-order valence-electron chi connectivity index (χ3n) is 4.86. The summed E-state index contributed by atoms with van der Waals surface area (Å²) in [4.78, 5) is 24.1. The monoisotopic (exact) mass is 458 g/mol. The minimum atomic E-state index is -0.528. The molecule has 0 aliphatic heterocycles. The van der Waals surface area contributed by atoms with Gasteiger partial charge in [0.15, 0.2) is 18.1 Å². The average Bonchev–Trinajstić information content (AvgIpc) is 2.85. The largest absolute Gasteiger partial charge is 0.493 e. The number of amides is 1. The summed E-state index contributed by atoms with van der Waals surface area (Å²) in [5.41, 5.74) is 6.19. The van der Waals surface area contributed by atoms with Crippen LogP contribution in [0.1, 0.15) is 22.3 Å². The number of benzene rings is 3. The van der Waals surface area contributed by atoms with Crippen LogP contribution in [-0.2, 0) is 9.59 Å². The fourth-order valence-electron chi connectivity index (χ4n) is 2.88. The molecule has 0 fully saturated rings. The van der Waals surface area contributed by atoms with Crippen LogP contribution in [0, 0.1) is 13.8 Å². The van der Waals surface area contributed by atoms with Crippen LogP contribution in [0.3, 0.4) is 0 Å². The van der Waals surface area contributed by atoms with Crippen molar-refractivity contribution in [3.63, 3.8) is 0 Å². The second-order valence-corrected chi connectivity index (χ2v) is 7.40. The van der Waals surface area contributed by atoms with Crippen LogP contribution in [0.5, 0.6) is 17.2 Å². The molecule has 0 aliphatic rings. The van der Waals surface area contributed by atoms with Crippen molar-refractivity contribution < 1.29 is 23.8 Å². The smallest absolute Gasteiger partial charge is 0.336 e. The summed E-state index contributed by atoms with van der Waals surface area (Å²) in [6.07, 6.45) is 4.47. The molecule has 0 atom stereocenters. The molecule has 0 unspecified atom stereocenters. The fraction of sp³-hybridized carbons (Fsp3) is 0.148. The number of carbonyl (C=O) groups is 2. The van der Waals surface area contributed by atoms with Crippen molar-refractivity contribution in [2.75, 3.05) is 13.7 Å². The van der Waals surface area contributed by atoms with E-state index in [9.17, 15) is 9.59 Å². The van der Waals surface area contributed by atoms with Crippen LogP contribution in [0.25, 0.3) is 6.08 Å². The van der Waals surface area contributed by atoms with Crippen molar-refractivity contribution in [2.24, 2.45) is 5.10 Å². The van der Waals surface area contributed by atoms with E-state index in [0.29, 0.717) is 17.1 Å². The summed E-state index contributed by atoms with van der Waals surface area (Å²) in [6, 6.07) is 20.0. The van der Waals surface area contributed by atoms with Crippen molar-refractivity contribution in [2.45, 2.75) is 13.8 Å². The van der Waals surface area contributed by atoms with E-state index in [4.69, 9.17) is 14.2 Å². The van der Waals surface area contributed by atoms with E-state index in [2.05, 4.69) is 10.5 Å². The van der Waals surface area contributed by atoms with Gasteiger partial charge in [0.05, 0.1) is 13.3 Å². The molecule has 1 N–H and O–H groups in total. The Morgan fingerprint density at radius 2 is 1.71 bits per heavy atom. The number of esters is 1. The molecule has 3 aromatic carbocycles. The average molecular weight is 459 g/mol. The van der Waals surface area contributed by atoms with Crippen LogP contribution in [0.4, 0.5) is 0 Å². The Kier molecular flexibility index (Phi) is 8.57. The summed E-state index contributed by atoms with van der Waals surface area (Å²) in [7, 11) is 1.47. The van der Waals surface area contributed by atoms with Gasteiger partial charge in [-0.05, 0) is 72.5 Å². The van der Waals surface area contributed by atoms with E-state index in [1.807, 2.05) is 62.4 Å². The van der Waals surface area contributed by atoms with Gasteiger partial charge < -0.3 is 14.2 Å². The first-order valence-corrected chi connectivity index (χ1v) is 10.6. The predicted octanol–water partition coefficient (Wildman–Crippen LogP) is 4.46. The number of nitrogens with zero attached hydrogens (tertiary/aromatic N) is 1. The Hall–Kier alpha value is -4.39. The van der Waals surface area contributed by atoms with Crippen molar-refractivity contribution >= 4 is 24.2 Å². The van der Waals surface area contributed by atoms with Crippen LogP contribution < -0.4 is 19.6 Å². The van der Waals surface area contributed by atoms with Gasteiger partial charge in [0, 0.05) is 6.08 Å². The van der Waals surface area contributed by atoms with Crippen molar-refractivity contribution in [1.82, 2.24) is 5.43 Å². The molecular weight excluding hydrogens is 432 g/mol. The molecule has 34 heavy (non-hydrogen) atoms. The zero-order valence-corrected chi connectivity index (χ0v) is 19.3. The van der Waals surface area contributed by atoms with Crippen LogP contribution >= 0.6 is 0 Å². The molecular formula is C27H26N2O5. The number of aryl methyl sites for hydroxylation is 2. The lowest BCUT2D eigenvalue weighted by atomic mass is 10.1. The van der Waals surface area contributed by atoms with Gasteiger partial charge in [-0.25, -0.2) is 10.2 Å². The van der Waals surface area contributed by atoms with Gasteiger partial charge in [-0.2, -0.15) is 5.10 Å². The van der Waals surface area contributed by atoms with Gasteiger partial charge in [-0.3, -0.25) is 4.79 Å². The van der Waals surface area contributed by atoms with Gasteiger partial charge in [-0.15, -0.1) is 0 Å². The van der Waals surface area contributed by atoms with Crippen molar-refractivity contribution in [1.29, 1.82) is 0 Å². The maximum absolute atomic E-state index is 12.1. The molecule has 0 spiro atoms. The van der Waals surface area contributed by atoms with Gasteiger partial charge in [-0.1, -0.05) is 36.4 Å². The van der Waals surface area contributed by atoms with Gasteiger partial charge >= 0.3 is 5.97 Å². The number of nitrogens with one attached hydrogen (secondary N) is 1. The zero-order valence-electron chi connectivity index (χ0n) is 19.3. The van der Waals surface area contributed by atoms with Crippen LogP contribution in [0.2, 0.25) is 0 Å². The van der Waals surface area contributed by atoms with Crippen LogP contribution in [-0.4, -0.2) is 31.8 Å². The molecule has 7 nitrogen and oxygen atoms in total. The second-order valence-electron chi connectivity index (χ2n) is 7.40. The Morgan fingerprint density at radius 3 is 2.44 bits per heavy atom. The lowest BCUT2D eigenvalue weighted by molar-refractivity contribution is -0.129. The standard InChI is InChI=1S/C27H26N2O5/c1-19-9-12-23(15-20(19)2)33-18-26(30)29-28-17-22-10-13-24(25(16-22)32-3)34-27(31)14-11-21-7-5-4-6-8-21/h4-17H,18H2,1-3H3,(H,29,30). The normalized spacial score (nSPS) is 10.9. The summed E-state index contributed by atoms with van der Waals surface area (Å²) in [6.45, 7) is 3.83. The first-order chi connectivity index (χ1) is 16.4. The Labute approximate surface area is 198 Å². The number of hydrogen-bond donors (Lipinski definition) is 1. The molecule has 0 saturated heterocycles. The molecule has 3 aromatic rings. The minimum absolute atomic E-state index is 0.158.